The number of amides is 2. The molecule has 1 aromatic heterocycles. The van der Waals surface area contributed by atoms with E-state index < -0.39 is 6.04 Å². The largest absolute Gasteiger partial charge is 0.493 e. The average molecular weight is 432 g/mol. The predicted molar refractivity (Wildman–Crippen MR) is 113 cm³/mol. The maximum absolute atomic E-state index is 12.8. The van der Waals surface area contributed by atoms with E-state index in [0.717, 1.165) is 0 Å². The van der Waals surface area contributed by atoms with E-state index in [4.69, 9.17) is 14.2 Å². The van der Waals surface area contributed by atoms with Crippen LogP contribution in [0.25, 0.3) is 10.9 Å². The van der Waals surface area contributed by atoms with Crippen molar-refractivity contribution < 1.29 is 23.8 Å². The van der Waals surface area contributed by atoms with Gasteiger partial charge in [0, 0.05) is 32.1 Å². The van der Waals surface area contributed by atoms with Gasteiger partial charge in [0.25, 0.3) is 5.56 Å². The van der Waals surface area contributed by atoms with Crippen LogP contribution in [-0.4, -0.2) is 72.8 Å². The fraction of sp³-hybridized carbons (Fsp3) is 0.524. The number of ether oxygens (including phenoxy) is 3. The van der Waals surface area contributed by atoms with Crippen LogP contribution in [-0.2, 0) is 20.9 Å². The lowest BCUT2D eigenvalue weighted by atomic mass is 10.2. The summed E-state index contributed by atoms with van der Waals surface area (Å²) in [7, 11) is 3.02. The third-order valence-corrected chi connectivity index (χ3v) is 5.20. The lowest BCUT2D eigenvalue weighted by molar-refractivity contribution is -0.139. The van der Waals surface area contributed by atoms with Crippen LogP contribution < -0.4 is 20.3 Å². The van der Waals surface area contributed by atoms with E-state index in [-0.39, 0.29) is 23.8 Å². The van der Waals surface area contributed by atoms with E-state index in [1.165, 1.54) is 25.1 Å². The first-order valence-electron chi connectivity index (χ1n) is 10.2. The van der Waals surface area contributed by atoms with Crippen LogP contribution in [0.5, 0.6) is 11.5 Å². The molecule has 1 aliphatic rings. The van der Waals surface area contributed by atoms with Crippen molar-refractivity contribution in [1.29, 1.82) is 0 Å². The third-order valence-electron chi connectivity index (χ3n) is 5.20. The number of aromatic nitrogens is 2. The molecule has 0 radical (unpaired) electrons. The second-order valence-corrected chi connectivity index (χ2v) is 7.30. The Bertz CT molecular complexity index is 999. The molecule has 0 saturated carbocycles. The number of aryl methyl sites for hydroxylation is 1. The van der Waals surface area contributed by atoms with Crippen LogP contribution in [0.2, 0.25) is 0 Å². The minimum absolute atomic E-state index is 0.115. The lowest BCUT2D eigenvalue weighted by Crippen LogP contribution is -2.50. The molecule has 10 nitrogen and oxygen atoms in total. The average Bonchev–Trinajstić information content (AvgIpc) is 2.79. The summed E-state index contributed by atoms with van der Waals surface area (Å²) in [5.74, 6) is 0.598. The normalized spacial score (nSPS) is 14.9. The molecule has 2 amide bonds. The lowest BCUT2D eigenvalue weighted by Gasteiger charge is -2.29. The Labute approximate surface area is 180 Å². The molecule has 2 aromatic rings. The van der Waals surface area contributed by atoms with Gasteiger partial charge in [-0.05, 0) is 19.4 Å². The minimum atomic E-state index is -0.599. The fourth-order valence-corrected chi connectivity index (χ4v) is 3.49. The summed E-state index contributed by atoms with van der Waals surface area (Å²) in [6, 6.07) is 2.66. The third kappa shape index (κ3) is 5.32. The van der Waals surface area contributed by atoms with Crippen LogP contribution in [0.1, 0.15) is 19.8 Å². The molecular formula is C21H28N4O6. The standard InChI is InChI=1S/C21H28N4O6/c1-14(20(27)24-7-9-31-10-8-24)23-19(26)5-4-6-25-13-22-16-12-18(30-3)17(29-2)11-15(16)21(25)28/h11-14H,4-10H2,1-3H3,(H,23,26)/t14-/m0/s1. The van der Waals surface area contributed by atoms with Gasteiger partial charge in [-0.15, -0.1) is 0 Å². The molecule has 1 aliphatic heterocycles. The minimum Gasteiger partial charge on any atom is -0.493 e. The first-order chi connectivity index (χ1) is 14.9. The first-order valence-corrected chi connectivity index (χ1v) is 10.2. The number of benzene rings is 1. The van der Waals surface area contributed by atoms with E-state index in [9.17, 15) is 14.4 Å². The zero-order chi connectivity index (χ0) is 22.4. The van der Waals surface area contributed by atoms with E-state index in [1.54, 1.807) is 24.0 Å². The summed E-state index contributed by atoms with van der Waals surface area (Å²) >= 11 is 0. The molecule has 1 fully saturated rings. The second kappa shape index (κ2) is 10.3. The summed E-state index contributed by atoms with van der Waals surface area (Å²) in [6.45, 7) is 4.10. The van der Waals surface area contributed by atoms with Crippen molar-refractivity contribution in [2.24, 2.45) is 0 Å². The molecule has 1 saturated heterocycles. The van der Waals surface area contributed by atoms with Crippen molar-refractivity contribution in [3.05, 3.63) is 28.8 Å². The molecule has 2 heterocycles. The highest BCUT2D eigenvalue weighted by Crippen LogP contribution is 2.29. The Morgan fingerprint density at radius 1 is 1.19 bits per heavy atom. The van der Waals surface area contributed by atoms with Crippen molar-refractivity contribution in [2.75, 3.05) is 40.5 Å². The maximum Gasteiger partial charge on any atom is 0.261 e. The molecule has 168 valence electrons. The Morgan fingerprint density at radius 2 is 1.87 bits per heavy atom. The van der Waals surface area contributed by atoms with Crippen LogP contribution in [0.3, 0.4) is 0 Å². The fourth-order valence-electron chi connectivity index (χ4n) is 3.49. The predicted octanol–water partition coefficient (Wildman–Crippen LogP) is 0.557. The van der Waals surface area contributed by atoms with Crippen LogP contribution in [0, 0.1) is 0 Å². The molecular weight excluding hydrogens is 404 g/mol. The van der Waals surface area contributed by atoms with Gasteiger partial charge in [0.05, 0.1) is 44.7 Å². The van der Waals surface area contributed by atoms with Crippen LogP contribution in [0.15, 0.2) is 23.3 Å². The zero-order valence-corrected chi connectivity index (χ0v) is 18.1. The van der Waals surface area contributed by atoms with Gasteiger partial charge in [-0.2, -0.15) is 0 Å². The van der Waals surface area contributed by atoms with Crippen molar-refractivity contribution >= 4 is 22.7 Å². The molecule has 1 aromatic carbocycles. The number of carbonyl (C=O) groups is 2. The molecule has 3 rings (SSSR count). The summed E-state index contributed by atoms with van der Waals surface area (Å²) in [5.41, 5.74) is 0.286. The first kappa shape index (κ1) is 22.5. The summed E-state index contributed by atoms with van der Waals surface area (Å²) in [4.78, 5) is 43.4. The molecule has 1 atom stereocenters. The highest BCUT2D eigenvalue weighted by Gasteiger charge is 2.23. The molecule has 0 bridgehead atoms. The molecule has 31 heavy (non-hydrogen) atoms. The van der Waals surface area contributed by atoms with Gasteiger partial charge in [-0.3, -0.25) is 19.0 Å². The van der Waals surface area contributed by atoms with Crippen LogP contribution in [0.4, 0.5) is 0 Å². The number of nitrogens with zero attached hydrogens (tertiary/aromatic N) is 3. The van der Waals surface area contributed by atoms with Gasteiger partial charge in [-0.25, -0.2) is 4.98 Å². The summed E-state index contributed by atoms with van der Waals surface area (Å²) in [5, 5.41) is 3.14. The number of hydrogen-bond donors (Lipinski definition) is 1. The topological polar surface area (TPSA) is 112 Å². The maximum atomic E-state index is 12.8. The highest BCUT2D eigenvalue weighted by molar-refractivity contribution is 5.87. The van der Waals surface area contributed by atoms with Crippen molar-refractivity contribution in [2.45, 2.75) is 32.4 Å². The van der Waals surface area contributed by atoms with E-state index in [0.29, 0.717) is 61.7 Å². The number of nitrogens with one attached hydrogen (secondary N) is 1. The van der Waals surface area contributed by atoms with Gasteiger partial charge in [0.15, 0.2) is 11.5 Å². The molecule has 0 unspecified atom stereocenters. The Balaban J connectivity index is 1.57. The molecule has 0 aliphatic carbocycles. The molecule has 0 spiro atoms. The number of morpholine rings is 1. The van der Waals surface area contributed by atoms with Crippen LogP contribution >= 0.6 is 0 Å². The zero-order valence-electron chi connectivity index (χ0n) is 18.1. The van der Waals surface area contributed by atoms with Crippen molar-refractivity contribution in [3.8, 4) is 11.5 Å². The van der Waals surface area contributed by atoms with E-state index in [2.05, 4.69) is 10.3 Å². The smallest absolute Gasteiger partial charge is 0.261 e. The summed E-state index contributed by atoms with van der Waals surface area (Å²) in [6.07, 6.45) is 2.08. The van der Waals surface area contributed by atoms with Crippen molar-refractivity contribution in [1.82, 2.24) is 19.8 Å². The van der Waals surface area contributed by atoms with Gasteiger partial charge < -0.3 is 24.4 Å². The Morgan fingerprint density at radius 3 is 2.55 bits per heavy atom. The van der Waals surface area contributed by atoms with Gasteiger partial charge in [0.2, 0.25) is 11.8 Å². The second-order valence-electron chi connectivity index (χ2n) is 7.30. The Kier molecular flexibility index (Phi) is 7.45. The Hall–Kier alpha value is -3.14. The summed E-state index contributed by atoms with van der Waals surface area (Å²) < 4.78 is 17.2. The van der Waals surface area contributed by atoms with E-state index >= 15 is 0 Å². The molecule has 10 heteroatoms. The SMILES string of the molecule is COc1cc2ncn(CCCC(=O)N[C@@H](C)C(=O)N3CCOCC3)c(=O)c2cc1OC. The molecule has 1 N–H and O–H groups in total. The van der Waals surface area contributed by atoms with Gasteiger partial charge in [0.1, 0.15) is 6.04 Å². The van der Waals surface area contributed by atoms with Gasteiger partial charge in [-0.1, -0.05) is 0 Å². The number of fused-ring (bicyclic) bond motifs is 1. The highest BCUT2D eigenvalue weighted by atomic mass is 16.5. The van der Waals surface area contributed by atoms with E-state index in [1.807, 2.05) is 0 Å². The van der Waals surface area contributed by atoms with Gasteiger partial charge >= 0.3 is 0 Å². The quantitative estimate of drug-likeness (QED) is 0.649. The number of carbonyl (C=O) groups excluding carboxylic acids is 2. The number of methoxy groups -OCH3 is 2. The van der Waals surface area contributed by atoms with Crippen molar-refractivity contribution in [3.63, 3.8) is 0 Å². The number of rotatable bonds is 8. The monoisotopic (exact) mass is 432 g/mol. The number of hydrogen-bond acceptors (Lipinski definition) is 7.